The maximum absolute atomic E-state index is 13.5. The second-order valence-electron chi connectivity index (χ2n) is 5.60. The first-order valence-electron chi connectivity index (χ1n) is 8.29. The SMILES string of the molecule is O=C(COc1ccc(Cl)cc1Cl)Nc1nnc(SCC(=O)Nc2ccccc2F)s1. The first-order valence-corrected chi connectivity index (χ1v) is 10.8. The number of halogens is 3. The van der Waals surface area contributed by atoms with Crippen molar-refractivity contribution in [1.29, 1.82) is 0 Å². The van der Waals surface area contributed by atoms with E-state index in [-0.39, 0.29) is 29.1 Å². The fourth-order valence-electron chi connectivity index (χ4n) is 2.09. The Balaban J connectivity index is 1.44. The summed E-state index contributed by atoms with van der Waals surface area (Å²) < 4.78 is 19.4. The van der Waals surface area contributed by atoms with Crippen molar-refractivity contribution in [3.63, 3.8) is 0 Å². The van der Waals surface area contributed by atoms with Gasteiger partial charge in [0.2, 0.25) is 11.0 Å². The number of hydrogen-bond donors (Lipinski definition) is 2. The van der Waals surface area contributed by atoms with Gasteiger partial charge >= 0.3 is 0 Å². The van der Waals surface area contributed by atoms with Crippen molar-refractivity contribution in [3.8, 4) is 5.75 Å². The van der Waals surface area contributed by atoms with Gasteiger partial charge in [0.15, 0.2) is 10.9 Å². The molecule has 30 heavy (non-hydrogen) atoms. The largest absolute Gasteiger partial charge is 0.482 e. The number of benzene rings is 2. The van der Waals surface area contributed by atoms with Crippen LogP contribution in [0, 0.1) is 5.82 Å². The zero-order valence-electron chi connectivity index (χ0n) is 15.0. The molecule has 2 amide bonds. The third-order valence-electron chi connectivity index (χ3n) is 3.38. The number of carbonyl (C=O) groups excluding carboxylic acids is 2. The number of anilines is 2. The van der Waals surface area contributed by atoms with E-state index in [9.17, 15) is 14.0 Å². The van der Waals surface area contributed by atoms with E-state index in [0.29, 0.717) is 20.1 Å². The highest BCUT2D eigenvalue weighted by Crippen LogP contribution is 2.28. The second-order valence-corrected chi connectivity index (χ2v) is 8.65. The molecule has 0 aliphatic rings. The van der Waals surface area contributed by atoms with Gasteiger partial charge in [0.25, 0.3) is 5.91 Å². The smallest absolute Gasteiger partial charge is 0.264 e. The quantitative estimate of drug-likeness (QED) is 0.353. The number of aromatic nitrogens is 2. The summed E-state index contributed by atoms with van der Waals surface area (Å²) in [4.78, 5) is 23.9. The summed E-state index contributed by atoms with van der Waals surface area (Å²) >= 11 is 14.0. The van der Waals surface area contributed by atoms with Crippen molar-refractivity contribution in [3.05, 3.63) is 58.3 Å². The first kappa shape index (κ1) is 22.3. The van der Waals surface area contributed by atoms with E-state index < -0.39 is 11.7 Å². The summed E-state index contributed by atoms with van der Waals surface area (Å²) in [6.45, 7) is -0.283. The van der Waals surface area contributed by atoms with Crippen LogP contribution in [0.3, 0.4) is 0 Å². The minimum Gasteiger partial charge on any atom is -0.482 e. The molecule has 3 aromatic rings. The standard InChI is InChI=1S/C18H13Cl2FN4O3S2/c19-10-5-6-14(11(20)7-10)28-8-15(26)23-17-24-25-18(30-17)29-9-16(27)22-13-4-2-1-3-12(13)21/h1-7H,8-9H2,(H,22,27)(H,23,24,26). The van der Waals surface area contributed by atoms with Crippen LogP contribution in [0.5, 0.6) is 5.75 Å². The Kier molecular flexibility index (Phi) is 7.86. The van der Waals surface area contributed by atoms with E-state index in [1.165, 1.54) is 24.3 Å². The molecule has 0 unspecified atom stereocenters. The lowest BCUT2D eigenvalue weighted by Gasteiger charge is -2.07. The van der Waals surface area contributed by atoms with Gasteiger partial charge < -0.3 is 10.1 Å². The Bertz CT molecular complexity index is 1070. The van der Waals surface area contributed by atoms with Crippen molar-refractivity contribution < 1.29 is 18.7 Å². The highest BCUT2D eigenvalue weighted by molar-refractivity contribution is 8.01. The third-order valence-corrected chi connectivity index (χ3v) is 5.88. The number of para-hydroxylation sites is 1. The maximum atomic E-state index is 13.5. The van der Waals surface area contributed by atoms with E-state index in [0.717, 1.165) is 23.1 Å². The molecule has 7 nitrogen and oxygen atoms in total. The first-order chi connectivity index (χ1) is 14.4. The molecule has 0 bridgehead atoms. The number of nitrogens with one attached hydrogen (secondary N) is 2. The number of hydrogen-bond acceptors (Lipinski definition) is 7. The van der Waals surface area contributed by atoms with Crippen LogP contribution in [0.4, 0.5) is 15.2 Å². The number of amides is 2. The lowest BCUT2D eigenvalue weighted by molar-refractivity contribution is -0.118. The van der Waals surface area contributed by atoms with E-state index >= 15 is 0 Å². The number of carbonyl (C=O) groups is 2. The molecule has 12 heteroatoms. The van der Waals surface area contributed by atoms with Gasteiger partial charge in [0.1, 0.15) is 11.6 Å². The van der Waals surface area contributed by atoms with Crippen molar-refractivity contribution >= 4 is 68.9 Å². The van der Waals surface area contributed by atoms with Crippen molar-refractivity contribution in [1.82, 2.24) is 10.2 Å². The molecular formula is C18H13Cl2FN4O3S2. The number of nitrogens with zero attached hydrogens (tertiary/aromatic N) is 2. The summed E-state index contributed by atoms with van der Waals surface area (Å²) in [6, 6.07) is 10.5. The summed E-state index contributed by atoms with van der Waals surface area (Å²) in [5, 5.41) is 13.8. The van der Waals surface area contributed by atoms with Gasteiger partial charge in [-0.1, -0.05) is 58.4 Å². The van der Waals surface area contributed by atoms with Crippen molar-refractivity contribution in [2.75, 3.05) is 23.0 Å². The van der Waals surface area contributed by atoms with E-state index in [4.69, 9.17) is 27.9 Å². The molecule has 1 aromatic heterocycles. The Morgan fingerprint density at radius 1 is 1.10 bits per heavy atom. The average Bonchev–Trinajstić information content (AvgIpc) is 3.15. The normalized spacial score (nSPS) is 10.5. The lowest BCUT2D eigenvalue weighted by atomic mass is 10.3. The van der Waals surface area contributed by atoms with Crippen LogP contribution in [-0.2, 0) is 9.59 Å². The fraction of sp³-hybridized carbons (Fsp3) is 0.111. The van der Waals surface area contributed by atoms with E-state index in [1.807, 2.05) is 0 Å². The van der Waals surface area contributed by atoms with Gasteiger partial charge in [-0.3, -0.25) is 14.9 Å². The van der Waals surface area contributed by atoms with Gasteiger partial charge in [-0.05, 0) is 30.3 Å². The fourth-order valence-corrected chi connectivity index (χ4v) is 4.12. The van der Waals surface area contributed by atoms with Crippen molar-refractivity contribution in [2.24, 2.45) is 0 Å². The molecule has 156 valence electrons. The molecule has 1 heterocycles. The maximum Gasteiger partial charge on any atom is 0.264 e. The number of thioether (sulfide) groups is 1. The highest BCUT2D eigenvalue weighted by Gasteiger charge is 2.13. The summed E-state index contributed by atoms with van der Waals surface area (Å²) in [5.41, 5.74) is 0.106. The van der Waals surface area contributed by atoms with Crippen LogP contribution in [0.2, 0.25) is 10.0 Å². The van der Waals surface area contributed by atoms with Crippen LogP contribution in [0.25, 0.3) is 0 Å². The molecule has 0 radical (unpaired) electrons. The molecule has 0 spiro atoms. The van der Waals surface area contributed by atoms with E-state index in [1.54, 1.807) is 18.2 Å². The summed E-state index contributed by atoms with van der Waals surface area (Å²) in [6.07, 6.45) is 0. The molecular weight excluding hydrogens is 474 g/mol. The summed E-state index contributed by atoms with van der Waals surface area (Å²) in [7, 11) is 0. The second kappa shape index (κ2) is 10.6. The molecule has 2 aromatic carbocycles. The topological polar surface area (TPSA) is 93.2 Å². The molecule has 2 N–H and O–H groups in total. The van der Waals surface area contributed by atoms with Gasteiger partial charge in [-0.25, -0.2) is 4.39 Å². The highest BCUT2D eigenvalue weighted by atomic mass is 35.5. The zero-order chi connectivity index (χ0) is 21.5. The van der Waals surface area contributed by atoms with Gasteiger partial charge in [0, 0.05) is 5.02 Å². The van der Waals surface area contributed by atoms with Crippen LogP contribution in [-0.4, -0.2) is 34.4 Å². The van der Waals surface area contributed by atoms with Crippen LogP contribution >= 0.6 is 46.3 Å². The van der Waals surface area contributed by atoms with Gasteiger partial charge in [-0.15, -0.1) is 10.2 Å². The lowest BCUT2D eigenvalue weighted by Crippen LogP contribution is -2.20. The number of ether oxygens (including phenoxy) is 1. The molecule has 3 rings (SSSR count). The molecule has 0 aliphatic heterocycles. The molecule has 0 atom stereocenters. The Hall–Kier alpha value is -2.40. The third kappa shape index (κ3) is 6.56. The van der Waals surface area contributed by atoms with Crippen LogP contribution < -0.4 is 15.4 Å². The zero-order valence-corrected chi connectivity index (χ0v) is 18.2. The van der Waals surface area contributed by atoms with Crippen LogP contribution in [0.15, 0.2) is 46.8 Å². The van der Waals surface area contributed by atoms with Crippen LogP contribution in [0.1, 0.15) is 0 Å². The predicted octanol–water partition coefficient (Wildman–Crippen LogP) is 4.73. The molecule has 0 saturated heterocycles. The Morgan fingerprint density at radius 2 is 1.90 bits per heavy atom. The monoisotopic (exact) mass is 486 g/mol. The Labute approximate surface area is 188 Å². The molecule has 0 saturated carbocycles. The van der Waals surface area contributed by atoms with Gasteiger partial charge in [0.05, 0.1) is 16.5 Å². The predicted molar refractivity (Wildman–Crippen MR) is 116 cm³/mol. The minimum atomic E-state index is -0.515. The average molecular weight is 487 g/mol. The molecule has 0 aliphatic carbocycles. The number of rotatable bonds is 8. The Morgan fingerprint density at radius 3 is 2.67 bits per heavy atom. The van der Waals surface area contributed by atoms with Crippen molar-refractivity contribution in [2.45, 2.75) is 4.34 Å². The van der Waals surface area contributed by atoms with E-state index in [2.05, 4.69) is 20.8 Å². The molecule has 0 fully saturated rings. The summed E-state index contributed by atoms with van der Waals surface area (Å²) in [5.74, 6) is -1.02. The van der Waals surface area contributed by atoms with Gasteiger partial charge in [-0.2, -0.15) is 0 Å². The minimum absolute atomic E-state index is 0.00902.